The van der Waals surface area contributed by atoms with Gasteiger partial charge in [0.25, 0.3) is 0 Å². The van der Waals surface area contributed by atoms with Crippen molar-refractivity contribution < 1.29 is 28.5 Å². The second-order valence-corrected chi connectivity index (χ2v) is 9.28. The summed E-state index contributed by atoms with van der Waals surface area (Å²) in [4.78, 5) is 23.4. The topological polar surface area (TPSA) is 83.1 Å². The summed E-state index contributed by atoms with van der Waals surface area (Å²) in [6.07, 6.45) is 1.86. The van der Waals surface area contributed by atoms with E-state index < -0.39 is 0 Å². The molecule has 0 aliphatic carbocycles. The SMILES string of the molecule is CC(C)(C)CCC(=O)NCCOCCOCCOCCOCCC(=O)C(C)(C)C. The van der Waals surface area contributed by atoms with E-state index in [1.165, 1.54) is 0 Å². The van der Waals surface area contributed by atoms with E-state index in [4.69, 9.17) is 18.9 Å². The highest BCUT2D eigenvalue weighted by Gasteiger charge is 2.20. The molecule has 0 bridgehead atoms. The predicted molar refractivity (Wildman–Crippen MR) is 114 cm³/mol. The van der Waals surface area contributed by atoms with E-state index in [0.717, 1.165) is 6.42 Å². The van der Waals surface area contributed by atoms with Crippen molar-refractivity contribution in [3.8, 4) is 0 Å². The number of rotatable bonds is 17. The minimum absolute atomic E-state index is 0.0710. The quantitative estimate of drug-likeness (QED) is 0.366. The number of ether oxygens (including phenoxy) is 4. The summed E-state index contributed by atoms with van der Waals surface area (Å²) in [5.41, 5.74) is -0.130. The van der Waals surface area contributed by atoms with Gasteiger partial charge < -0.3 is 24.3 Å². The lowest BCUT2D eigenvalue weighted by molar-refractivity contribution is -0.127. The Balaban J connectivity index is 3.26. The molecule has 0 aromatic carbocycles. The fourth-order valence-electron chi connectivity index (χ4n) is 2.14. The molecule has 1 amide bonds. The molecule has 172 valence electrons. The first-order valence-corrected chi connectivity index (χ1v) is 10.6. The summed E-state index contributed by atoms with van der Waals surface area (Å²) in [5, 5.41) is 2.85. The summed E-state index contributed by atoms with van der Waals surface area (Å²) in [6.45, 7) is 16.5. The number of Topliss-reactive ketones (excluding diaryl/α,β-unsaturated/α-hetero) is 1. The number of amides is 1. The van der Waals surface area contributed by atoms with E-state index in [2.05, 4.69) is 26.1 Å². The zero-order valence-electron chi connectivity index (χ0n) is 19.4. The smallest absolute Gasteiger partial charge is 0.220 e. The summed E-state index contributed by atoms with van der Waals surface area (Å²) >= 11 is 0. The van der Waals surface area contributed by atoms with Gasteiger partial charge in [-0.15, -0.1) is 0 Å². The van der Waals surface area contributed by atoms with Crippen LogP contribution in [0.15, 0.2) is 0 Å². The van der Waals surface area contributed by atoms with Gasteiger partial charge in [-0.2, -0.15) is 0 Å². The standard InChI is InChI=1S/C22H43NO6/c1-21(2,3)9-7-20(25)23-10-12-27-14-16-29-18-17-28-15-13-26-11-8-19(24)22(4,5)6/h7-18H2,1-6H3,(H,23,25). The van der Waals surface area contributed by atoms with E-state index in [1.807, 2.05) is 20.8 Å². The molecule has 1 N–H and O–H groups in total. The normalized spacial score (nSPS) is 12.2. The molecular weight excluding hydrogens is 374 g/mol. The van der Waals surface area contributed by atoms with Crippen LogP contribution in [0.2, 0.25) is 0 Å². The molecule has 0 aromatic rings. The third kappa shape index (κ3) is 20.0. The van der Waals surface area contributed by atoms with Gasteiger partial charge in [0.15, 0.2) is 0 Å². The van der Waals surface area contributed by atoms with Crippen LogP contribution < -0.4 is 5.32 Å². The van der Waals surface area contributed by atoms with Crippen LogP contribution in [-0.2, 0) is 28.5 Å². The van der Waals surface area contributed by atoms with Gasteiger partial charge >= 0.3 is 0 Å². The lowest BCUT2D eigenvalue weighted by Gasteiger charge is -2.17. The average molecular weight is 418 g/mol. The maximum atomic E-state index is 11.7. The summed E-state index contributed by atoms with van der Waals surface area (Å²) < 4.78 is 21.6. The molecule has 0 fully saturated rings. The van der Waals surface area contributed by atoms with Crippen molar-refractivity contribution in [2.24, 2.45) is 10.8 Å². The third-order valence-electron chi connectivity index (χ3n) is 4.10. The zero-order valence-corrected chi connectivity index (χ0v) is 19.4. The number of hydrogen-bond acceptors (Lipinski definition) is 6. The number of ketones is 1. The number of carbonyl (C=O) groups is 2. The van der Waals surface area contributed by atoms with Crippen LogP contribution in [-0.4, -0.2) is 71.1 Å². The second kappa shape index (κ2) is 15.8. The molecule has 0 aromatic heterocycles. The van der Waals surface area contributed by atoms with Crippen LogP contribution in [0.4, 0.5) is 0 Å². The molecule has 7 heteroatoms. The van der Waals surface area contributed by atoms with E-state index in [9.17, 15) is 9.59 Å². The Kier molecular flexibility index (Phi) is 15.2. The van der Waals surface area contributed by atoms with Crippen LogP contribution in [0, 0.1) is 10.8 Å². The molecule has 0 rings (SSSR count). The van der Waals surface area contributed by atoms with E-state index in [-0.39, 0.29) is 22.5 Å². The molecule has 0 radical (unpaired) electrons. The molecule has 0 saturated heterocycles. The maximum absolute atomic E-state index is 11.7. The predicted octanol–water partition coefficient (Wildman–Crippen LogP) is 3.00. The number of carbonyl (C=O) groups excluding carboxylic acids is 2. The minimum atomic E-state index is -0.305. The van der Waals surface area contributed by atoms with Gasteiger partial charge in [-0.25, -0.2) is 0 Å². The van der Waals surface area contributed by atoms with E-state index in [1.54, 1.807) is 0 Å². The second-order valence-electron chi connectivity index (χ2n) is 9.28. The molecule has 0 aliphatic rings. The highest BCUT2D eigenvalue weighted by molar-refractivity contribution is 5.83. The maximum Gasteiger partial charge on any atom is 0.220 e. The monoisotopic (exact) mass is 417 g/mol. The van der Waals surface area contributed by atoms with Crippen molar-refractivity contribution in [2.75, 3.05) is 59.4 Å². The van der Waals surface area contributed by atoms with Gasteiger partial charge in [0, 0.05) is 24.8 Å². The van der Waals surface area contributed by atoms with E-state index in [0.29, 0.717) is 72.2 Å². The van der Waals surface area contributed by atoms with Crippen molar-refractivity contribution >= 4 is 11.7 Å². The highest BCUT2D eigenvalue weighted by Crippen LogP contribution is 2.20. The van der Waals surface area contributed by atoms with Gasteiger partial charge in [-0.1, -0.05) is 41.5 Å². The zero-order chi connectivity index (χ0) is 22.2. The lowest BCUT2D eigenvalue weighted by atomic mass is 9.89. The van der Waals surface area contributed by atoms with Crippen LogP contribution in [0.25, 0.3) is 0 Å². The van der Waals surface area contributed by atoms with Crippen LogP contribution >= 0.6 is 0 Å². The van der Waals surface area contributed by atoms with Crippen molar-refractivity contribution in [3.05, 3.63) is 0 Å². The van der Waals surface area contributed by atoms with Gasteiger partial charge in [-0.3, -0.25) is 9.59 Å². The molecule has 0 spiro atoms. The molecule has 0 heterocycles. The molecule has 0 unspecified atom stereocenters. The Morgan fingerprint density at radius 3 is 1.55 bits per heavy atom. The molecule has 7 nitrogen and oxygen atoms in total. The molecule has 0 atom stereocenters. The first-order chi connectivity index (χ1) is 13.5. The van der Waals surface area contributed by atoms with Gasteiger partial charge in [0.05, 0.1) is 52.9 Å². The van der Waals surface area contributed by atoms with Gasteiger partial charge in [0.1, 0.15) is 5.78 Å². The Morgan fingerprint density at radius 2 is 1.10 bits per heavy atom. The fraction of sp³-hybridized carbons (Fsp3) is 0.909. The average Bonchev–Trinajstić information content (AvgIpc) is 2.61. The van der Waals surface area contributed by atoms with Crippen LogP contribution in [0.1, 0.15) is 60.8 Å². The van der Waals surface area contributed by atoms with Crippen molar-refractivity contribution in [3.63, 3.8) is 0 Å². The fourth-order valence-corrected chi connectivity index (χ4v) is 2.14. The van der Waals surface area contributed by atoms with Crippen molar-refractivity contribution in [1.82, 2.24) is 5.32 Å². The molecule has 0 aliphatic heterocycles. The Labute approximate surface area is 177 Å². The largest absolute Gasteiger partial charge is 0.379 e. The van der Waals surface area contributed by atoms with Crippen molar-refractivity contribution in [1.29, 1.82) is 0 Å². The molecular formula is C22H43NO6. The van der Waals surface area contributed by atoms with Crippen LogP contribution in [0.3, 0.4) is 0 Å². The van der Waals surface area contributed by atoms with Gasteiger partial charge in [0.2, 0.25) is 5.91 Å². The lowest BCUT2D eigenvalue weighted by Crippen LogP contribution is -2.28. The third-order valence-corrected chi connectivity index (χ3v) is 4.10. The summed E-state index contributed by atoms with van der Waals surface area (Å²) in [7, 11) is 0. The first kappa shape index (κ1) is 28.0. The molecule has 0 saturated carbocycles. The summed E-state index contributed by atoms with van der Waals surface area (Å²) in [5.74, 6) is 0.277. The minimum Gasteiger partial charge on any atom is -0.379 e. The number of hydrogen-bond donors (Lipinski definition) is 1. The number of nitrogens with one attached hydrogen (secondary N) is 1. The van der Waals surface area contributed by atoms with Crippen molar-refractivity contribution in [2.45, 2.75) is 60.8 Å². The highest BCUT2D eigenvalue weighted by atomic mass is 16.6. The van der Waals surface area contributed by atoms with Gasteiger partial charge in [-0.05, 0) is 11.8 Å². The Bertz CT molecular complexity index is 440. The Morgan fingerprint density at radius 1 is 0.655 bits per heavy atom. The molecule has 29 heavy (non-hydrogen) atoms. The Hall–Kier alpha value is -1.02. The summed E-state index contributed by atoms with van der Waals surface area (Å²) in [6, 6.07) is 0. The van der Waals surface area contributed by atoms with E-state index >= 15 is 0 Å². The first-order valence-electron chi connectivity index (χ1n) is 10.6. The van der Waals surface area contributed by atoms with Crippen LogP contribution in [0.5, 0.6) is 0 Å².